The minimum atomic E-state index is -1.34. The summed E-state index contributed by atoms with van der Waals surface area (Å²) in [5, 5.41) is 47.4. The standard InChI is InChI=1S/C44H34N4O4/c49-41-37-33(25-13-5-1-6-14-25)29-21-22-30(45-29)34(26-15-7-2-8-16-26)39-43(51)44(52)40(48-39)36(28-19-11-4-12-20-28)32-24-23-31(46-32)35(38(47-37)42(41)50)27-17-9-3-10-18-27/h1-24,41-46,49-52H. The first kappa shape index (κ1) is 31.8. The van der Waals surface area contributed by atoms with Crippen LogP contribution in [0.25, 0.3) is 66.6 Å². The zero-order valence-electron chi connectivity index (χ0n) is 27.8. The predicted molar refractivity (Wildman–Crippen MR) is 203 cm³/mol. The fourth-order valence-electron chi connectivity index (χ4n) is 7.50. The van der Waals surface area contributed by atoms with Gasteiger partial charge in [-0.2, -0.15) is 0 Å². The minimum absolute atomic E-state index is 0.316. The number of aliphatic hydroxyl groups is 4. The second kappa shape index (κ2) is 12.9. The van der Waals surface area contributed by atoms with Crippen LogP contribution in [0.5, 0.6) is 0 Å². The van der Waals surface area contributed by atoms with E-state index in [1.165, 1.54) is 0 Å². The number of benzene rings is 4. The number of hydrogen-bond acceptors (Lipinski definition) is 6. The van der Waals surface area contributed by atoms with Crippen LogP contribution in [0.15, 0.2) is 146 Å². The molecule has 8 nitrogen and oxygen atoms in total. The number of H-pyrrole nitrogens is 2. The first-order chi connectivity index (χ1) is 25.5. The Kier molecular flexibility index (Phi) is 7.87. The number of aromatic nitrogens is 4. The van der Waals surface area contributed by atoms with Crippen molar-refractivity contribution in [2.45, 2.75) is 24.4 Å². The van der Waals surface area contributed by atoms with Crippen molar-refractivity contribution in [3.63, 3.8) is 0 Å². The van der Waals surface area contributed by atoms with Crippen LogP contribution in [0.3, 0.4) is 0 Å². The van der Waals surface area contributed by atoms with Crippen LogP contribution in [0.2, 0.25) is 0 Å². The summed E-state index contributed by atoms with van der Waals surface area (Å²) < 4.78 is 0. The molecule has 5 heterocycles. The Morgan fingerprint density at radius 2 is 0.519 bits per heavy atom. The van der Waals surface area contributed by atoms with Crippen LogP contribution in [-0.2, 0) is 0 Å². The minimum Gasteiger partial charge on any atom is -0.384 e. The van der Waals surface area contributed by atoms with E-state index in [1.807, 2.05) is 146 Å². The zero-order chi connectivity index (χ0) is 35.3. The molecule has 4 atom stereocenters. The monoisotopic (exact) mass is 682 g/mol. The van der Waals surface area contributed by atoms with E-state index in [-0.39, 0.29) is 0 Å². The second-order valence-electron chi connectivity index (χ2n) is 13.1. The number of aliphatic hydroxyl groups excluding tert-OH is 4. The van der Waals surface area contributed by atoms with Gasteiger partial charge in [-0.15, -0.1) is 0 Å². The predicted octanol–water partition coefficient (Wildman–Crippen LogP) is 8.52. The molecule has 52 heavy (non-hydrogen) atoms. The number of nitrogens with one attached hydrogen (secondary N) is 2. The van der Waals surface area contributed by atoms with Crippen LogP contribution in [0.1, 0.15) is 47.2 Å². The summed E-state index contributed by atoms with van der Waals surface area (Å²) in [6, 6.07) is 46.2. The number of fused-ring (bicyclic) bond motifs is 8. The molecule has 0 radical (unpaired) electrons. The Morgan fingerprint density at radius 1 is 0.308 bits per heavy atom. The van der Waals surface area contributed by atoms with Gasteiger partial charge in [0, 0.05) is 44.3 Å². The second-order valence-corrected chi connectivity index (χ2v) is 13.1. The maximum Gasteiger partial charge on any atom is 0.128 e. The Bertz CT molecular complexity index is 2230. The van der Waals surface area contributed by atoms with Gasteiger partial charge >= 0.3 is 0 Å². The van der Waals surface area contributed by atoms with Crippen molar-refractivity contribution < 1.29 is 20.4 Å². The van der Waals surface area contributed by atoms with Crippen molar-refractivity contribution in [3.8, 4) is 44.5 Å². The molecule has 0 amide bonds. The van der Waals surface area contributed by atoms with Crippen LogP contribution in [-0.4, -0.2) is 40.4 Å². The molecule has 0 saturated carbocycles. The highest BCUT2D eigenvalue weighted by atomic mass is 16.3. The fraction of sp³-hybridized carbons (Fsp3) is 0.0909. The maximum absolute atomic E-state index is 11.9. The van der Waals surface area contributed by atoms with Gasteiger partial charge in [0.15, 0.2) is 0 Å². The number of rotatable bonds is 4. The van der Waals surface area contributed by atoms with E-state index in [9.17, 15) is 20.4 Å². The lowest BCUT2D eigenvalue weighted by Crippen LogP contribution is -2.06. The van der Waals surface area contributed by atoms with Gasteiger partial charge in [0.1, 0.15) is 24.4 Å². The Hall–Kier alpha value is -6.16. The lowest BCUT2D eigenvalue weighted by molar-refractivity contribution is 0.0259. The lowest BCUT2D eigenvalue weighted by Gasteiger charge is -2.14. The lowest BCUT2D eigenvalue weighted by atomic mass is 9.97. The summed E-state index contributed by atoms with van der Waals surface area (Å²) >= 11 is 0. The number of nitrogens with zero attached hydrogens (tertiary/aromatic N) is 2. The number of aromatic amines is 2. The molecule has 8 bridgehead atoms. The van der Waals surface area contributed by atoms with E-state index in [2.05, 4.69) is 9.97 Å². The van der Waals surface area contributed by atoms with Gasteiger partial charge in [0.25, 0.3) is 0 Å². The summed E-state index contributed by atoms with van der Waals surface area (Å²) in [6.45, 7) is 0. The van der Waals surface area contributed by atoms with E-state index in [0.717, 1.165) is 22.3 Å². The highest BCUT2D eigenvalue weighted by Gasteiger charge is 2.36. The van der Waals surface area contributed by atoms with Gasteiger partial charge in [-0.1, -0.05) is 121 Å². The summed E-state index contributed by atoms with van der Waals surface area (Å²) in [4.78, 5) is 17.3. The first-order valence-electron chi connectivity index (χ1n) is 17.2. The van der Waals surface area contributed by atoms with E-state index in [1.54, 1.807) is 0 Å². The molecular formula is C44H34N4O4. The van der Waals surface area contributed by atoms with E-state index in [4.69, 9.17) is 9.97 Å². The van der Waals surface area contributed by atoms with Gasteiger partial charge in [-0.3, -0.25) is 9.97 Å². The molecular weight excluding hydrogens is 649 g/mol. The summed E-state index contributed by atoms with van der Waals surface area (Å²) in [5.74, 6) is 0. The topological polar surface area (TPSA) is 138 Å². The molecule has 2 aliphatic rings. The largest absolute Gasteiger partial charge is 0.384 e. The first-order valence-corrected chi connectivity index (χ1v) is 17.2. The molecule has 4 unspecified atom stereocenters. The molecule has 8 heteroatoms. The summed E-state index contributed by atoms with van der Waals surface area (Å²) in [5.41, 5.74) is 9.48. The molecule has 3 aromatic heterocycles. The van der Waals surface area contributed by atoms with Gasteiger partial charge in [-0.05, 0) is 46.5 Å². The van der Waals surface area contributed by atoms with Crippen LogP contribution >= 0.6 is 0 Å². The van der Waals surface area contributed by atoms with Crippen molar-refractivity contribution >= 4 is 22.1 Å². The van der Waals surface area contributed by atoms with E-state index < -0.39 is 24.4 Å². The Labute approximate surface area is 299 Å². The normalized spacial score (nSPS) is 18.4. The molecule has 254 valence electrons. The van der Waals surface area contributed by atoms with Crippen molar-refractivity contribution in [1.82, 2.24) is 19.9 Å². The van der Waals surface area contributed by atoms with E-state index >= 15 is 0 Å². The molecule has 4 aromatic carbocycles. The molecule has 0 spiro atoms. The van der Waals surface area contributed by atoms with Crippen LogP contribution < -0.4 is 0 Å². The summed E-state index contributed by atoms with van der Waals surface area (Å²) in [7, 11) is 0. The van der Waals surface area contributed by atoms with Crippen LogP contribution in [0.4, 0.5) is 0 Å². The van der Waals surface area contributed by atoms with Gasteiger partial charge < -0.3 is 30.4 Å². The molecule has 2 aliphatic heterocycles. The average Bonchev–Trinajstić information content (AvgIpc) is 3.98. The highest BCUT2D eigenvalue weighted by Crippen LogP contribution is 2.46. The molecule has 0 fully saturated rings. The molecule has 7 aromatic rings. The van der Waals surface area contributed by atoms with Gasteiger partial charge in [0.05, 0.1) is 22.8 Å². The van der Waals surface area contributed by atoms with Crippen molar-refractivity contribution in [2.75, 3.05) is 0 Å². The maximum atomic E-state index is 11.9. The average molecular weight is 683 g/mol. The smallest absolute Gasteiger partial charge is 0.128 e. The van der Waals surface area contributed by atoms with Gasteiger partial charge in [0.2, 0.25) is 0 Å². The summed E-state index contributed by atoms with van der Waals surface area (Å²) in [6.07, 6.45) is -5.34. The fourth-order valence-corrected chi connectivity index (χ4v) is 7.50. The molecule has 0 saturated heterocycles. The molecule has 6 N–H and O–H groups in total. The SMILES string of the molecule is OC1c2nc(c(-c3ccccc3)c3ccc([nH]3)c(-c3ccccc3)c3nc(c(-c4ccccc4)c4ccc([nH]4)c2-c2ccccc2)C(O)C3O)C1O. The Balaban J connectivity index is 1.53. The van der Waals surface area contributed by atoms with Crippen molar-refractivity contribution in [1.29, 1.82) is 0 Å². The third-order valence-electron chi connectivity index (χ3n) is 9.92. The number of hydrogen-bond donors (Lipinski definition) is 6. The quantitative estimate of drug-likeness (QED) is 0.110. The third-order valence-corrected chi connectivity index (χ3v) is 9.92. The van der Waals surface area contributed by atoms with Crippen molar-refractivity contribution in [3.05, 3.63) is 168 Å². The third kappa shape index (κ3) is 5.25. The Morgan fingerprint density at radius 3 is 0.731 bits per heavy atom. The molecule has 0 aliphatic carbocycles. The van der Waals surface area contributed by atoms with E-state index in [0.29, 0.717) is 67.1 Å². The zero-order valence-corrected chi connectivity index (χ0v) is 27.8. The van der Waals surface area contributed by atoms with Crippen LogP contribution in [0, 0.1) is 0 Å². The molecule has 9 rings (SSSR count). The van der Waals surface area contributed by atoms with Gasteiger partial charge in [-0.25, -0.2) is 0 Å². The highest BCUT2D eigenvalue weighted by molar-refractivity contribution is 5.92. The van der Waals surface area contributed by atoms with Crippen molar-refractivity contribution in [2.24, 2.45) is 0 Å².